The maximum absolute atomic E-state index is 11.1. The van der Waals surface area contributed by atoms with Crippen LogP contribution in [0.2, 0.25) is 0 Å². The van der Waals surface area contributed by atoms with Gasteiger partial charge in [0.2, 0.25) is 0 Å². The number of rotatable bonds is 2. The van der Waals surface area contributed by atoms with Crippen LogP contribution >= 0.6 is 0 Å². The molecule has 0 saturated carbocycles. The average Bonchev–Trinajstić information content (AvgIpc) is 2.20. The standard InChI is InChI=1S/C10H14O2.C2H6/c1-7(11)9-5-3-4-6-10(9)8(2)12;1-2/h3-4,9-10H,5-6H2,1-2H3;1-2H3. The van der Waals surface area contributed by atoms with Gasteiger partial charge >= 0.3 is 0 Å². The third-order valence-corrected chi connectivity index (χ3v) is 2.48. The Morgan fingerprint density at radius 2 is 1.21 bits per heavy atom. The molecule has 0 N–H and O–H groups in total. The molecule has 2 heteroatoms. The van der Waals surface area contributed by atoms with E-state index < -0.39 is 0 Å². The summed E-state index contributed by atoms with van der Waals surface area (Å²) in [4.78, 5) is 22.3. The Morgan fingerprint density at radius 1 is 0.929 bits per heavy atom. The van der Waals surface area contributed by atoms with E-state index in [1.54, 1.807) is 13.8 Å². The van der Waals surface area contributed by atoms with Gasteiger partial charge in [0.25, 0.3) is 0 Å². The smallest absolute Gasteiger partial charge is 0.133 e. The fraction of sp³-hybridized carbons (Fsp3) is 0.667. The van der Waals surface area contributed by atoms with Crippen molar-refractivity contribution in [2.75, 3.05) is 0 Å². The van der Waals surface area contributed by atoms with Gasteiger partial charge in [-0.2, -0.15) is 0 Å². The molecule has 0 spiro atoms. The molecule has 80 valence electrons. The average molecular weight is 196 g/mol. The Hall–Kier alpha value is -0.920. The van der Waals surface area contributed by atoms with Crippen molar-refractivity contribution < 1.29 is 9.59 Å². The monoisotopic (exact) mass is 196 g/mol. The summed E-state index contributed by atoms with van der Waals surface area (Å²) < 4.78 is 0. The quantitative estimate of drug-likeness (QED) is 0.636. The van der Waals surface area contributed by atoms with Crippen molar-refractivity contribution >= 4 is 11.6 Å². The van der Waals surface area contributed by atoms with Crippen molar-refractivity contribution in [1.29, 1.82) is 0 Å². The first-order valence-corrected chi connectivity index (χ1v) is 5.29. The zero-order valence-electron chi connectivity index (χ0n) is 9.54. The van der Waals surface area contributed by atoms with Crippen LogP contribution in [0.4, 0.5) is 0 Å². The van der Waals surface area contributed by atoms with Gasteiger partial charge in [-0.1, -0.05) is 26.0 Å². The number of hydrogen-bond donors (Lipinski definition) is 0. The van der Waals surface area contributed by atoms with E-state index >= 15 is 0 Å². The fourth-order valence-electron chi connectivity index (χ4n) is 1.71. The van der Waals surface area contributed by atoms with Crippen LogP contribution < -0.4 is 0 Å². The molecule has 2 nitrogen and oxygen atoms in total. The van der Waals surface area contributed by atoms with E-state index in [0.717, 1.165) is 12.8 Å². The molecule has 0 amide bonds. The highest BCUT2D eigenvalue weighted by molar-refractivity contribution is 5.88. The summed E-state index contributed by atoms with van der Waals surface area (Å²) in [5.41, 5.74) is 0. The second-order valence-corrected chi connectivity index (χ2v) is 3.38. The minimum absolute atomic E-state index is 0.0625. The van der Waals surface area contributed by atoms with E-state index in [9.17, 15) is 9.59 Å². The number of allylic oxidation sites excluding steroid dienone is 2. The summed E-state index contributed by atoms with van der Waals surface area (Å²) in [5.74, 6) is 0.152. The molecule has 0 heterocycles. The molecule has 0 aromatic rings. The van der Waals surface area contributed by atoms with Gasteiger partial charge in [0, 0.05) is 11.8 Å². The van der Waals surface area contributed by atoms with E-state index in [-0.39, 0.29) is 23.4 Å². The highest BCUT2D eigenvalue weighted by Gasteiger charge is 2.29. The van der Waals surface area contributed by atoms with Gasteiger partial charge in [-0.3, -0.25) is 9.59 Å². The number of hydrogen-bond acceptors (Lipinski definition) is 2. The molecule has 0 aromatic heterocycles. The van der Waals surface area contributed by atoms with Gasteiger partial charge in [0.05, 0.1) is 0 Å². The van der Waals surface area contributed by atoms with E-state index in [2.05, 4.69) is 0 Å². The minimum atomic E-state index is -0.0625. The summed E-state index contributed by atoms with van der Waals surface area (Å²) in [6, 6.07) is 0. The predicted molar refractivity (Wildman–Crippen MR) is 58.1 cm³/mol. The molecule has 0 saturated heterocycles. The summed E-state index contributed by atoms with van der Waals surface area (Å²) in [6.07, 6.45) is 5.45. The van der Waals surface area contributed by atoms with Gasteiger partial charge in [-0.25, -0.2) is 0 Å². The van der Waals surface area contributed by atoms with Gasteiger partial charge in [-0.05, 0) is 26.7 Å². The van der Waals surface area contributed by atoms with Crippen LogP contribution in [-0.2, 0) is 9.59 Å². The van der Waals surface area contributed by atoms with Crippen molar-refractivity contribution in [2.24, 2.45) is 11.8 Å². The minimum Gasteiger partial charge on any atom is -0.300 e. The first-order valence-electron chi connectivity index (χ1n) is 5.29. The van der Waals surface area contributed by atoms with Crippen molar-refractivity contribution in [3.8, 4) is 0 Å². The first-order chi connectivity index (χ1) is 6.63. The Kier molecular flexibility index (Phi) is 6.09. The molecule has 2 unspecified atom stereocenters. The van der Waals surface area contributed by atoms with E-state index in [1.165, 1.54) is 0 Å². The van der Waals surface area contributed by atoms with Crippen LogP contribution in [0, 0.1) is 11.8 Å². The Labute approximate surface area is 86.4 Å². The van der Waals surface area contributed by atoms with Gasteiger partial charge in [-0.15, -0.1) is 0 Å². The summed E-state index contributed by atoms with van der Waals surface area (Å²) in [5, 5.41) is 0. The molecule has 0 radical (unpaired) electrons. The largest absolute Gasteiger partial charge is 0.300 e. The predicted octanol–water partition coefficient (Wildman–Crippen LogP) is 2.77. The lowest BCUT2D eigenvalue weighted by Crippen LogP contribution is -2.28. The molecule has 0 aliphatic heterocycles. The Balaban J connectivity index is 0.000000791. The Morgan fingerprint density at radius 3 is 1.43 bits per heavy atom. The van der Waals surface area contributed by atoms with Crippen molar-refractivity contribution in [2.45, 2.75) is 40.5 Å². The number of carbonyl (C=O) groups is 2. The number of Topliss-reactive ketones (excluding diaryl/α,β-unsaturated/α-hetero) is 2. The zero-order chi connectivity index (χ0) is 11.1. The molecule has 2 atom stereocenters. The van der Waals surface area contributed by atoms with Crippen LogP contribution in [0.5, 0.6) is 0 Å². The Bertz CT molecular complexity index is 204. The molecule has 0 fully saturated rings. The van der Waals surface area contributed by atoms with Gasteiger partial charge in [0.1, 0.15) is 11.6 Å². The molecular formula is C12H20O2. The summed E-state index contributed by atoms with van der Waals surface area (Å²) in [6.45, 7) is 7.14. The third kappa shape index (κ3) is 3.44. The molecule has 1 aliphatic rings. The van der Waals surface area contributed by atoms with E-state index in [1.807, 2.05) is 26.0 Å². The van der Waals surface area contributed by atoms with E-state index in [0.29, 0.717) is 0 Å². The maximum atomic E-state index is 11.1. The van der Waals surface area contributed by atoms with Gasteiger partial charge in [0.15, 0.2) is 0 Å². The molecule has 1 rings (SSSR count). The third-order valence-electron chi connectivity index (χ3n) is 2.48. The highest BCUT2D eigenvalue weighted by Crippen LogP contribution is 2.26. The number of carbonyl (C=O) groups excluding carboxylic acids is 2. The van der Waals surface area contributed by atoms with Crippen LogP contribution in [0.15, 0.2) is 12.2 Å². The molecular weight excluding hydrogens is 176 g/mol. The summed E-state index contributed by atoms with van der Waals surface area (Å²) >= 11 is 0. The second-order valence-electron chi connectivity index (χ2n) is 3.38. The van der Waals surface area contributed by atoms with Crippen LogP contribution in [0.3, 0.4) is 0 Å². The normalized spacial score (nSPS) is 24.9. The van der Waals surface area contributed by atoms with Crippen molar-refractivity contribution in [3.05, 3.63) is 12.2 Å². The van der Waals surface area contributed by atoms with Crippen molar-refractivity contribution in [1.82, 2.24) is 0 Å². The lowest BCUT2D eigenvalue weighted by atomic mass is 9.79. The van der Waals surface area contributed by atoms with Crippen LogP contribution in [0.25, 0.3) is 0 Å². The maximum Gasteiger partial charge on any atom is 0.133 e. The lowest BCUT2D eigenvalue weighted by Gasteiger charge is -2.23. The first kappa shape index (κ1) is 13.1. The second kappa shape index (κ2) is 6.52. The summed E-state index contributed by atoms with van der Waals surface area (Å²) in [7, 11) is 0. The van der Waals surface area contributed by atoms with Crippen molar-refractivity contribution in [3.63, 3.8) is 0 Å². The van der Waals surface area contributed by atoms with Crippen LogP contribution in [0.1, 0.15) is 40.5 Å². The zero-order valence-corrected chi connectivity index (χ0v) is 9.54. The lowest BCUT2D eigenvalue weighted by molar-refractivity contribution is -0.130. The molecule has 0 aromatic carbocycles. The number of ketones is 2. The van der Waals surface area contributed by atoms with Gasteiger partial charge < -0.3 is 0 Å². The topological polar surface area (TPSA) is 34.1 Å². The SMILES string of the molecule is CC.CC(=O)C1CC=CCC1C(C)=O. The fourth-order valence-corrected chi connectivity index (χ4v) is 1.71. The molecule has 0 bridgehead atoms. The van der Waals surface area contributed by atoms with E-state index in [4.69, 9.17) is 0 Å². The molecule has 14 heavy (non-hydrogen) atoms. The highest BCUT2D eigenvalue weighted by atomic mass is 16.1. The van der Waals surface area contributed by atoms with Crippen LogP contribution in [-0.4, -0.2) is 11.6 Å². The molecule has 1 aliphatic carbocycles.